The number of nitrogens with one attached hydrogen (secondary N) is 2. The van der Waals surface area contributed by atoms with E-state index in [2.05, 4.69) is 10.6 Å². The summed E-state index contributed by atoms with van der Waals surface area (Å²) in [5.74, 6) is 0.929. The first-order valence-electron chi connectivity index (χ1n) is 8.07. The molecule has 2 N–H and O–H groups in total. The lowest BCUT2D eigenvalue weighted by molar-refractivity contribution is -0.116. The molecular weight excluding hydrogens is 338 g/mol. The number of hydrogen-bond acceptors (Lipinski definition) is 3. The Hall–Kier alpha value is -1.40. The third-order valence-electron chi connectivity index (χ3n) is 4.08. The van der Waals surface area contributed by atoms with Crippen LogP contribution in [0.3, 0.4) is 0 Å². The van der Waals surface area contributed by atoms with Crippen molar-refractivity contribution in [2.24, 2.45) is 5.92 Å². The third kappa shape index (κ3) is 7.01. The number of carbonyl (C=O) groups is 1. The predicted molar refractivity (Wildman–Crippen MR) is 93.4 cm³/mol. The average Bonchev–Trinajstić information content (AvgIpc) is 2.54. The van der Waals surface area contributed by atoms with Crippen LogP contribution < -0.4 is 15.4 Å². The molecule has 0 aliphatic carbocycles. The van der Waals surface area contributed by atoms with Gasteiger partial charge in [-0.3, -0.25) is 4.79 Å². The van der Waals surface area contributed by atoms with Crippen molar-refractivity contribution in [1.82, 2.24) is 5.32 Å². The van der Waals surface area contributed by atoms with E-state index in [0.717, 1.165) is 37.9 Å². The van der Waals surface area contributed by atoms with Gasteiger partial charge in [0.1, 0.15) is 12.4 Å². The highest BCUT2D eigenvalue weighted by Crippen LogP contribution is 2.24. The van der Waals surface area contributed by atoms with Gasteiger partial charge in [-0.05, 0) is 56.8 Å². The highest BCUT2D eigenvalue weighted by atomic mass is 35.5. The second-order valence-corrected chi connectivity index (χ2v) is 5.96. The Balaban J connectivity index is 0.00000288. The summed E-state index contributed by atoms with van der Waals surface area (Å²) in [6.07, 6.45) is 1.07. The van der Waals surface area contributed by atoms with Gasteiger partial charge in [-0.2, -0.15) is 0 Å². The molecule has 1 heterocycles. The van der Waals surface area contributed by atoms with Crippen LogP contribution in [0.25, 0.3) is 0 Å². The molecule has 0 saturated carbocycles. The summed E-state index contributed by atoms with van der Waals surface area (Å²) >= 11 is 0. The molecule has 1 aromatic carbocycles. The predicted octanol–water partition coefficient (Wildman–Crippen LogP) is 3.78. The smallest absolute Gasteiger partial charge is 0.272 e. The number of ether oxygens (including phenoxy) is 1. The topological polar surface area (TPSA) is 50.4 Å². The van der Waals surface area contributed by atoms with Crippen molar-refractivity contribution in [3.05, 3.63) is 23.8 Å². The van der Waals surface area contributed by atoms with Gasteiger partial charge in [0.2, 0.25) is 5.91 Å². The van der Waals surface area contributed by atoms with Gasteiger partial charge < -0.3 is 15.4 Å². The van der Waals surface area contributed by atoms with E-state index in [9.17, 15) is 13.6 Å². The van der Waals surface area contributed by atoms with Crippen LogP contribution in [0.1, 0.15) is 31.2 Å². The Morgan fingerprint density at radius 2 is 2.08 bits per heavy atom. The fourth-order valence-corrected chi connectivity index (χ4v) is 2.72. The molecule has 1 aliphatic rings. The molecule has 136 valence electrons. The molecule has 0 unspecified atom stereocenters. The number of benzene rings is 1. The highest BCUT2D eigenvalue weighted by Gasteiger charge is 2.15. The number of hydrogen-bond donors (Lipinski definition) is 2. The number of halogens is 3. The zero-order valence-electron chi connectivity index (χ0n) is 13.8. The van der Waals surface area contributed by atoms with E-state index in [4.69, 9.17) is 4.74 Å². The minimum atomic E-state index is -2.52. The molecule has 0 aromatic heterocycles. The maximum atomic E-state index is 12.2. The number of anilines is 1. The molecule has 4 nitrogen and oxygen atoms in total. The number of aryl methyl sites for hydroxylation is 1. The fraction of sp³-hybridized carbons (Fsp3) is 0.588. The molecule has 1 fully saturated rings. The van der Waals surface area contributed by atoms with Crippen LogP contribution in [0.4, 0.5) is 14.5 Å². The van der Waals surface area contributed by atoms with Crippen molar-refractivity contribution in [1.29, 1.82) is 0 Å². The lowest BCUT2D eigenvalue weighted by atomic mass is 9.93. The average molecular weight is 363 g/mol. The van der Waals surface area contributed by atoms with Crippen molar-refractivity contribution >= 4 is 24.0 Å². The molecule has 0 radical (unpaired) electrons. The van der Waals surface area contributed by atoms with E-state index in [0.29, 0.717) is 23.8 Å². The SMILES string of the molecule is Cc1ccc(NC(=O)CCC2CCNCC2)cc1OCC(F)F.Cl. The molecule has 0 spiro atoms. The summed E-state index contributed by atoms with van der Waals surface area (Å²) in [5, 5.41) is 6.12. The van der Waals surface area contributed by atoms with Crippen molar-refractivity contribution in [3.8, 4) is 5.75 Å². The zero-order valence-corrected chi connectivity index (χ0v) is 14.6. The molecule has 1 aromatic rings. The van der Waals surface area contributed by atoms with E-state index in [1.807, 2.05) is 0 Å². The maximum Gasteiger partial charge on any atom is 0.272 e. The van der Waals surface area contributed by atoms with Crippen LogP contribution in [-0.4, -0.2) is 32.0 Å². The lowest BCUT2D eigenvalue weighted by Gasteiger charge is -2.22. The minimum Gasteiger partial charge on any atom is -0.487 e. The summed E-state index contributed by atoms with van der Waals surface area (Å²) in [5.41, 5.74) is 1.34. The summed E-state index contributed by atoms with van der Waals surface area (Å²) in [6.45, 7) is 3.18. The summed E-state index contributed by atoms with van der Waals surface area (Å²) in [6, 6.07) is 5.11. The van der Waals surface area contributed by atoms with Gasteiger partial charge in [0.25, 0.3) is 6.43 Å². The largest absolute Gasteiger partial charge is 0.487 e. The van der Waals surface area contributed by atoms with Crippen LogP contribution >= 0.6 is 12.4 Å². The first-order valence-corrected chi connectivity index (χ1v) is 8.07. The van der Waals surface area contributed by atoms with Crippen LogP contribution in [0.5, 0.6) is 5.75 Å². The quantitative estimate of drug-likeness (QED) is 0.776. The molecule has 1 saturated heterocycles. The highest BCUT2D eigenvalue weighted by molar-refractivity contribution is 5.90. The molecule has 2 rings (SSSR count). The van der Waals surface area contributed by atoms with E-state index in [1.165, 1.54) is 0 Å². The van der Waals surface area contributed by atoms with E-state index >= 15 is 0 Å². The Bertz CT molecular complexity index is 523. The second-order valence-electron chi connectivity index (χ2n) is 5.96. The number of alkyl halides is 2. The van der Waals surface area contributed by atoms with Crippen LogP contribution in [0.2, 0.25) is 0 Å². The van der Waals surface area contributed by atoms with Crippen LogP contribution in [0, 0.1) is 12.8 Å². The van der Waals surface area contributed by atoms with E-state index < -0.39 is 13.0 Å². The monoisotopic (exact) mass is 362 g/mol. The summed E-state index contributed by atoms with van der Waals surface area (Å²) < 4.78 is 29.5. The van der Waals surface area contributed by atoms with Crippen LogP contribution in [-0.2, 0) is 4.79 Å². The Labute approximate surface area is 147 Å². The Morgan fingerprint density at radius 1 is 1.38 bits per heavy atom. The first kappa shape index (κ1) is 20.6. The van der Waals surface area contributed by atoms with Gasteiger partial charge in [0, 0.05) is 18.2 Å². The molecule has 1 aliphatic heterocycles. The third-order valence-corrected chi connectivity index (χ3v) is 4.08. The van der Waals surface area contributed by atoms with Gasteiger partial charge in [-0.15, -0.1) is 12.4 Å². The fourth-order valence-electron chi connectivity index (χ4n) is 2.72. The summed E-state index contributed by atoms with van der Waals surface area (Å²) in [4.78, 5) is 12.0. The molecule has 7 heteroatoms. The molecule has 1 amide bonds. The first-order chi connectivity index (χ1) is 11.0. The lowest BCUT2D eigenvalue weighted by Crippen LogP contribution is -2.28. The van der Waals surface area contributed by atoms with Gasteiger partial charge in [-0.25, -0.2) is 8.78 Å². The van der Waals surface area contributed by atoms with Gasteiger partial charge in [-0.1, -0.05) is 6.07 Å². The van der Waals surface area contributed by atoms with Crippen LogP contribution in [0.15, 0.2) is 18.2 Å². The molecule has 0 atom stereocenters. The van der Waals surface area contributed by atoms with Crippen molar-refractivity contribution < 1.29 is 18.3 Å². The van der Waals surface area contributed by atoms with Gasteiger partial charge in [0.05, 0.1) is 0 Å². The maximum absolute atomic E-state index is 12.2. The zero-order chi connectivity index (χ0) is 16.7. The van der Waals surface area contributed by atoms with Crippen molar-refractivity contribution in [2.75, 3.05) is 25.0 Å². The van der Waals surface area contributed by atoms with E-state index in [1.54, 1.807) is 25.1 Å². The standard InChI is InChI=1S/C17H24F2N2O2.ClH/c1-12-2-4-14(10-15(12)23-11-16(18)19)21-17(22)5-3-13-6-8-20-9-7-13;/h2,4,10,13,16,20H,3,5-9,11H2,1H3,(H,21,22);1H. The Morgan fingerprint density at radius 3 is 2.75 bits per heavy atom. The number of amides is 1. The normalized spacial score (nSPS) is 15.0. The minimum absolute atomic E-state index is 0. The van der Waals surface area contributed by atoms with Gasteiger partial charge in [0.15, 0.2) is 0 Å². The van der Waals surface area contributed by atoms with E-state index in [-0.39, 0.29) is 18.3 Å². The number of carbonyl (C=O) groups excluding carboxylic acids is 1. The Kier molecular flexibility index (Phi) is 9.00. The number of rotatable bonds is 7. The second kappa shape index (κ2) is 10.5. The van der Waals surface area contributed by atoms with Gasteiger partial charge >= 0.3 is 0 Å². The summed E-state index contributed by atoms with van der Waals surface area (Å²) in [7, 11) is 0. The van der Waals surface area contributed by atoms with Crippen molar-refractivity contribution in [3.63, 3.8) is 0 Å². The molecule has 24 heavy (non-hydrogen) atoms. The molecular formula is C17H25ClF2N2O2. The van der Waals surface area contributed by atoms with Crippen molar-refractivity contribution in [2.45, 2.75) is 39.0 Å². The molecule has 0 bridgehead atoms. The number of piperidine rings is 1.